The highest BCUT2D eigenvalue weighted by molar-refractivity contribution is 6.13. The number of anilines is 3. The van der Waals surface area contributed by atoms with Gasteiger partial charge in [0.1, 0.15) is 11.2 Å². The number of rotatable bonds is 7. The fraction of sp³-hybridized carbons (Fsp3) is 0. The summed E-state index contributed by atoms with van der Waals surface area (Å²) in [6, 6.07) is 71.9. The second kappa shape index (κ2) is 14.0. The molecule has 0 bridgehead atoms. The SMILES string of the molecule is c1ccc(-c2nc(-c3ccccc3)nc(-c3ccc4c(c3)oc3cccc(-c5ccc(N(c6ccc7ccccc7c6)c6ccc7ccccc7c6)cc5)c34)n2)cc1. The van der Waals surface area contributed by atoms with Crippen molar-refractivity contribution in [1.29, 1.82) is 0 Å². The average molecular weight is 743 g/mol. The fourth-order valence-corrected chi connectivity index (χ4v) is 8.01. The minimum absolute atomic E-state index is 0.591. The van der Waals surface area contributed by atoms with Crippen molar-refractivity contribution in [1.82, 2.24) is 15.0 Å². The third-order valence-corrected chi connectivity index (χ3v) is 10.9. The molecule has 0 atom stereocenters. The lowest BCUT2D eigenvalue weighted by molar-refractivity contribution is 0.669. The number of furan rings is 1. The van der Waals surface area contributed by atoms with E-state index in [1.54, 1.807) is 0 Å². The van der Waals surface area contributed by atoms with E-state index in [0.717, 1.165) is 66.8 Å². The lowest BCUT2D eigenvalue weighted by Crippen LogP contribution is -2.09. The van der Waals surface area contributed by atoms with E-state index in [0.29, 0.717) is 17.5 Å². The van der Waals surface area contributed by atoms with Crippen molar-refractivity contribution < 1.29 is 4.42 Å². The molecule has 0 N–H and O–H groups in total. The van der Waals surface area contributed by atoms with Gasteiger partial charge in [0.25, 0.3) is 0 Å². The maximum absolute atomic E-state index is 6.57. The maximum atomic E-state index is 6.57. The smallest absolute Gasteiger partial charge is 0.164 e. The Hall–Kier alpha value is -7.89. The number of hydrogen-bond acceptors (Lipinski definition) is 5. The summed E-state index contributed by atoms with van der Waals surface area (Å²) in [5.41, 5.74) is 9.82. The summed E-state index contributed by atoms with van der Waals surface area (Å²) in [5, 5.41) is 6.95. The predicted molar refractivity (Wildman–Crippen MR) is 239 cm³/mol. The third kappa shape index (κ3) is 6.03. The molecule has 0 saturated carbocycles. The molecule has 272 valence electrons. The molecule has 0 aliphatic carbocycles. The van der Waals surface area contributed by atoms with E-state index in [2.05, 4.69) is 138 Å². The highest BCUT2D eigenvalue weighted by Crippen LogP contribution is 2.41. The van der Waals surface area contributed by atoms with Crippen LogP contribution in [0.3, 0.4) is 0 Å². The van der Waals surface area contributed by atoms with Crippen molar-refractivity contribution in [3.63, 3.8) is 0 Å². The lowest BCUT2D eigenvalue weighted by Gasteiger charge is -2.26. The minimum Gasteiger partial charge on any atom is -0.456 e. The molecule has 2 aromatic heterocycles. The van der Waals surface area contributed by atoms with Gasteiger partial charge in [-0.05, 0) is 87.3 Å². The van der Waals surface area contributed by atoms with Gasteiger partial charge < -0.3 is 9.32 Å². The van der Waals surface area contributed by atoms with Crippen LogP contribution < -0.4 is 4.90 Å². The summed E-state index contributed by atoms with van der Waals surface area (Å²) in [7, 11) is 0. The molecular formula is C53H34N4O. The van der Waals surface area contributed by atoms with Gasteiger partial charge in [-0.15, -0.1) is 0 Å². The molecule has 0 spiro atoms. The molecule has 9 aromatic carbocycles. The van der Waals surface area contributed by atoms with Crippen LogP contribution >= 0.6 is 0 Å². The summed E-state index contributed by atoms with van der Waals surface area (Å²) in [5.74, 6) is 1.84. The average Bonchev–Trinajstić information content (AvgIpc) is 3.68. The number of benzene rings is 9. The molecule has 0 unspecified atom stereocenters. The Labute approximate surface area is 335 Å². The van der Waals surface area contributed by atoms with Crippen molar-refractivity contribution in [3.05, 3.63) is 206 Å². The van der Waals surface area contributed by atoms with Gasteiger partial charge in [-0.2, -0.15) is 0 Å². The number of hydrogen-bond donors (Lipinski definition) is 0. The van der Waals surface area contributed by atoms with E-state index < -0.39 is 0 Å². The predicted octanol–water partition coefficient (Wildman–Crippen LogP) is 14.2. The first-order chi connectivity index (χ1) is 28.7. The molecule has 11 rings (SSSR count). The molecule has 0 saturated heterocycles. The van der Waals surface area contributed by atoms with Gasteiger partial charge in [-0.1, -0.05) is 152 Å². The van der Waals surface area contributed by atoms with Crippen LogP contribution in [0.4, 0.5) is 17.1 Å². The molecule has 0 fully saturated rings. The lowest BCUT2D eigenvalue weighted by atomic mass is 9.98. The molecule has 0 aliphatic rings. The molecule has 58 heavy (non-hydrogen) atoms. The molecular weight excluding hydrogens is 709 g/mol. The number of nitrogens with zero attached hydrogens (tertiary/aromatic N) is 4. The molecule has 0 aliphatic heterocycles. The molecule has 5 heteroatoms. The van der Waals surface area contributed by atoms with Crippen molar-refractivity contribution in [2.75, 3.05) is 4.90 Å². The van der Waals surface area contributed by atoms with Crippen LogP contribution in [-0.2, 0) is 0 Å². The summed E-state index contributed by atoms with van der Waals surface area (Å²) in [6.07, 6.45) is 0. The van der Waals surface area contributed by atoms with Crippen LogP contribution in [0.5, 0.6) is 0 Å². The Morgan fingerprint density at radius 1 is 0.328 bits per heavy atom. The minimum atomic E-state index is 0.591. The quantitative estimate of drug-likeness (QED) is 0.163. The van der Waals surface area contributed by atoms with E-state index in [1.165, 1.54) is 21.5 Å². The van der Waals surface area contributed by atoms with Gasteiger partial charge in [-0.25, -0.2) is 15.0 Å². The molecule has 11 aromatic rings. The van der Waals surface area contributed by atoms with E-state index >= 15 is 0 Å². The highest BCUT2D eigenvalue weighted by Gasteiger charge is 2.18. The highest BCUT2D eigenvalue weighted by atomic mass is 16.3. The van der Waals surface area contributed by atoms with Crippen LogP contribution in [0, 0.1) is 0 Å². The third-order valence-electron chi connectivity index (χ3n) is 10.9. The van der Waals surface area contributed by atoms with E-state index in [-0.39, 0.29) is 0 Å². The maximum Gasteiger partial charge on any atom is 0.164 e. The zero-order chi connectivity index (χ0) is 38.4. The van der Waals surface area contributed by atoms with E-state index in [9.17, 15) is 0 Å². The van der Waals surface area contributed by atoms with E-state index in [1.807, 2.05) is 72.8 Å². The summed E-state index contributed by atoms with van der Waals surface area (Å²) in [4.78, 5) is 17.1. The van der Waals surface area contributed by atoms with Crippen LogP contribution in [0.25, 0.3) is 88.8 Å². The van der Waals surface area contributed by atoms with Crippen molar-refractivity contribution in [2.45, 2.75) is 0 Å². The van der Waals surface area contributed by atoms with Crippen LogP contribution in [-0.4, -0.2) is 15.0 Å². The normalized spacial score (nSPS) is 11.4. The molecule has 0 radical (unpaired) electrons. The molecule has 2 heterocycles. The van der Waals surface area contributed by atoms with Gasteiger partial charge in [0, 0.05) is 44.5 Å². The summed E-state index contributed by atoms with van der Waals surface area (Å²) >= 11 is 0. The first-order valence-corrected chi connectivity index (χ1v) is 19.4. The number of fused-ring (bicyclic) bond motifs is 5. The van der Waals surface area contributed by atoms with Gasteiger partial charge in [-0.3, -0.25) is 0 Å². The van der Waals surface area contributed by atoms with E-state index in [4.69, 9.17) is 19.4 Å². The second-order valence-corrected chi connectivity index (χ2v) is 14.5. The van der Waals surface area contributed by atoms with Gasteiger partial charge in [0.05, 0.1) is 0 Å². The van der Waals surface area contributed by atoms with Crippen molar-refractivity contribution in [3.8, 4) is 45.3 Å². The van der Waals surface area contributed by atoms with Crippen LogP contribution in [0.2, 0.25) is 0 Å². The zero-order valence-electron chi connectivity index (χ0n) is 31.3. The first-order valence-electron chi connectivity index (χ1n) is 19.4. The topological polar surface area (TPSA) is 55.1 Å². The van der Waals surface area contributed by atoms with Crippen molar-refractivity contribution in [2.24, 2.45) is 0 Å². The Kier molecular flexibility index (Phi) is 8.07. The fourth-order valence-electron chi connectivity index (χ4n) is 8.01. The Balaban J connectivity index is 0.994. The van der Waals surface area contributed by atoms with Crippen LogP contribution in [0.15, 0.2) is 211 Å². The summed E-state index contributed by atoms with van der Waals surface area (Å²) < 4.78 is 6.57. The van der Waals surface area contributed by atoms with Gasteiger partial charge in [0.2, 0.25) is 0 Å². The summed E-state index contributed by atoms with van der Waals surface area (Å²) in [6.45, 7) is 0. The molecule has 0 amide bonds. The Morgan fingerprint density at radius 2 is 0.828 bits per heavy atom. The number of aromatic nitrogens is 3. The van der Waals surface area contributed by atoms with Gasteiger partial charge >= 0.3 is 0 Å². The van der Waals surface area contributed by atoms with Crippen LogP contribution in [0.1, 0.15) is 0 Å². The second-order valence-electron chi connectivity index (χ2n) is 14.5. The standard InChI is InChI=1S/C53H34N4O/c1-3-14-38(15-4-1)51-54-52(39-16-5-2-6-17-39)56-53(55-51)42-26-31-47-49(34-42)58-48-21-11-20-46(50(47)48)37-24-27-43(28-25-37)57(44-29-22-35-12-7-9-18-40(35)32-44)45-30-23-36-13-8-10-19-41(36)33-45/h1-34H. The largest absolute Gasteiger partial charge is 0.456 e. The first kappa shape index (κ1) is 33.4. The Bertz CT molecular complexity index is 3150. The van der Waals surface area contributed by atoms with Crippen molar-refractivity contribution >= 4 is 60.5 Å². The monoisotopic (exact) mass is 742 g/mol. The Morgan fingerprint density at radius 3 is 1.41 bits per heavy atom. The molecule has 5 nitrogen and oxygen atoms in total. The zero-order valence-corrected chi connectivity index (χ0v) is 31.3. The van der Waals surface area contributed by atoms with Gasteiger partial charge in [0.15, 0.2) is 17.5 Å².